The standard InChI is InChI=1S/C18H19N3O5S.C16H16N4O8S.H2O/c1-2-3-10-8-27-17-13(16(24)21(17)14(10)18(25)26)20-15(23)12(19)9-4-6-11(22)7-5-9;1-26-19-9(8-3-2-4-27-8)12(21)18-10-13(22)20-11(15(23)24)7(5-28-16(17)25)6-29-14(10)20;/h2-7,12-13,17,22H,8,19H2,1H3,(H,20,23)(H,25,26);2-4,10,14H,5-6H2,1H3,(H2,17,25)(H,18,21)(H,23,24);1H2/b3-2-;19-9-;/t12-,13-,17-;10-,14-;/m11./s1. The van der Waals surface area contributed by atoms with Crippen LogP contribution in [0.5, 0.6) is 5.75 Å². The van der Waals surface area contributed by atoms with E-state index in [1.807, 2.05) is 0 Å². The van der Waals surface area contributed by atoms with Crippen LogP contribution in [0.1, 0.15) is 24.3 Å². The number of carboxylic acids is 2. The summed E-state index contributed by atoms with van der Waals surface area (Å²) in [6.45, 7) is 1.43. The lowest BCUT2D eigenvalue weighted by atomic mass is 10.0. The first kappa shape index (κ1) is 43.4. The van der Waals surface area contributed by atoms with Gasteiger partial charge < -0.3 is 56.9 Å². The first-order valence-electron chi connectivity index (χ1n) is 16.4. The first-order valence-corrected chi connectivity index (χ1v) is 18.5. The summed E-state index contributed by atoms with van der Waals surface area (Å²) in [5, 5.41) is 35.9. The van der Waals surface area contributed by atoms with Crippen molar-refractivity contribution in [1.82, 2.24) is 20.4 Å². The third-order valence-corrected chi connectivity index (χ3v) is 11.1. The Morgan fingerprint density at radius 3 is 2.12 bits per heavy atom. The van der Waals surface area contributed by atoms with E-state index in [1.165, 1.54) is 72.1 Å². The van der Waals surface area contributed by atoms with Crippen LogP contribution in [-0.4, -0.2) is 126 Å². The molecular formula is C34H37N7O14S2. The van der Waals surface area contributed by atoms with Crippen LogP contribution in [0.2, 0.25) is 0 Å². The SMILES string of the molecule is C/C=C\C1=C(C(=O)O)N2C(=O)[C@@H](NC(=O)[C@H](N)c3ccc(O)cc3)[C@H]2SC1.CO/N=C(\C(=O)N[C@@H]1C(=O)N2C(C(=O)O)=C(COC(N)=O)CS[C@H]12)c1ccco1.O. The van der Waals surface area contributed by atoms with Gasteiger partial charge in [-0.15, -0.1) is 23.5 Å². The molecule has 1 aromatic carbocycles. The minimum Gasteiger partial charge on any atom is -0.508 e. The number of oxime groups is 1. The van der Waals surface area contributed by atoms with Crippen molar-refractivity contribution in [3.05, 3.63) is 88.7 Å². The van der Waals surface area contributed by atoms with E-state index < -0.39 is 70.5 Å². The van der Waals surface area contributed by atoms with Crippen LogP contribution in [0, 0.1) is 0 Å². The molecule has 21 nitrogen and oxygen atoms in total. The third kappa shape index (κ3) is 9.06. The van der Waals surface area contributed by atoms with Gasteiger partial charge in [-0.3, -0.25) is 29.0 Å². The van der Waals surface area contributed by atoms with E-state index in [-0.39, 0.29) is 52.0 Å². The van der Waals surface area contributed by atoms with Crippen LogP contribution in [0.25, 0.3) is 0 Å². The highest BCUT2D eigenvalue weighted by Crippen LogP contribution is 2.42. The number of carbonyl (C=O) groups excluding carboxylic acids is 5. The Kier molecular flexibility index (Phi) is 14.1. The number of primary amides is 1. The van der Waals surface area contributed by atoms with Gasteiger partial charge >= 0.3 is 18.0 Å². The van der Waals surface area contributed by atoms with E-state index in [2.05, 4.69) is 25.4 Å². The number of aliphatic carboxylic acids is 2. The van der Waals surface area contributed by atoms with Gasteiger partial charge in [0.15, 0.2) is 5.76 Å². The molecule has 0 aliphatic carbocycles. The van der Waals surface area contributed by atoms with Gasteiger partial charge in [-0.25, -0.2) is 14.4 Å². The van der Waals surface area contributed by atoms with Crippen molar-refractivity contribution >= 4 is 70.9 Å². The summed E-state index contributed by atoms with van der Waals surface area (Å²) in [5.74, 6) is -4.09. The normalized spacial score (nSPS) is 21.7. The fourth-order valence-electron chi connectivity index (χ4n) is 5.91. The number of amides is 5. The molecule has 5 heterocycles. The summed E-state index contributed by atoms with van der Waals surface area (Å²) < 4.78 is 9.79. The van der Waals surface area contributed by atoms with Gasteiger partial charge in [-0.05, 0) is 42.3 Å². The van der Waals surface area contributed by atoms with E-state index in [9.17, 15) is 48.9 Å². The summed E-state index contributed by atoms with van der Waals surface area (Å²) in [6, 6.07) is 6.14. The fourth-order valence-corrected chi connectivity index (χ4v) is 8.56. The molecule has 4 aliphatic heterocycles. The fraction of sp³-hybridized carbons (Fsp3) is 0.294. The highest BCUT2D eigenvalue weighted by atomic mass is 32.2. The molecule has 6 rings (SSSR count). The molecule has 57 heavy (non-hydrogen) atoms. The Hall–Kier alpha value is -6.30. The molecule has 2 saturated heterocycles. The number of nitrogens with zero attached hydrogens (tertiary/aromatic N) is 3. The molecule has 0 radical (unpaired) electrons. The van der Waals surface area contributed by atoms with Gasteiger partial charge in [-0.1, -0.05) is 29.4 Å². The number of nitrogens with two attached hydrogens (primary N) is 2. The summed E-state index contributed by atoms with van der Waals surface area (Å²) in [4.78, 5) is 91.0. The van der Waals surface area contributed by atoms with Crippen molar-refractivity contribution in [3.8, 4) is 5.75 Å². The lowest BCUT2D eigenvalue weighted by Gasteiger charge is -2.49. The highest BCUT2D eigenvalue weighted by Gasteiger charge is 2.55. The Morgan fingerprint density at radius 2 is 1.58 bits per heavy atom. The van der Waals surface area contributed by atoms with Crippen LogP contribution in [0.4, 0.5) is 4.79 Å². The van der Waals surface area contributed by atoms with Crippen molar-refractivity contribution in [2.75, 3.05) is 25.2 Å². The lowest BCUT2D eigenvalue weighted by molar-refractivity contribution is -0.150. The van der Waals surface area contributed by atoms with Gasteiger partial charge in [-0.2, -0.15) is 0 Å². The number of carbonyl (C=O) groups is 7. The number of benzene rings is 1. The topological polar surface area (TPSA) is 338 Å². The minimum atomic E-state index is -1.35. The summed E-state index contributed by atoms with van der Waals surface area (Å²) in [7, 11) is 1.25. The zero-order valence-electron chi connectivity index (χ0n) is 29.9. The van der Waals surface area contributed by atoms with Crippen molar-refractivity contribution in [2.45, 2.75) is 35.8 Å². The second kappa shape index (κ2) is 18.6. The van der Waals surface area contributed by atoms with Crippen LogP contribution >= 0.6 is 23.5 Å². The Morgan fingerprint density at radius 1 is 0.982 bits per heavy atom. The monoisotopic (exact) mass is 831 g/mol. The lowest BCUT2D eigenvalue weighted by Crippen LogP contribution is -2.71. The number of phenolic OH excluding ortho intramolecular Hbond substituents is 1. The van der Waals surface area contributed by atoms with Crippen molar-refractivity contribution in [1.29, 1.82) is 0 Å². The van der Waals surface area contributed by atoms with E-state index in [1.54, 1.807) is 25.1 Å². The van der Waals surface area contributed by atoms with Crippen LogP contribution in [0.15, 0.2) is 86.9 Å². The van der Waals surface area contributed by atoms with Crippen LogP contribution in [0.3, 0.4) is 0 Å². The predicted octanol–water partition coefficient (Wildman–Crippen LogP) is -0.654. The third-order valence-electron chi connectivity index (χ3n) is 8.48. The minimum absolute atomic E-state index is 0. The molecule has 5 atom stereocenters. The van der Waals surface area contributed by atoms with E-state index in [0.717, 1.165) is 4.90 Å². The number of hydrogen-bond donors (Lipinski definition) is 7. The number of fused-ring (bicyclic) bond motifs is 2. The van der Waals surface area contributed by atoms with Gasteiger partial charge in [0, 0.05) is 17.1 Å². The second-order valence-corrected chi connectivity index (χ2v) is 14.2. The summed E-state index contributed by atoms with van der Waals surface area (Å²) in [6.07, 6.45) is 3.68. The Balaban J connectivity index is 0.000000249. The highest BCUT2D eigenvalue weighted by molar-refractivity contribution is 8.00. The van der Waals surface area contributed by atoms with Gasteiger partial charge in [0.25, 0.3) is 17.7 Å². The van der Waals surface area contributed by atoms with Crippen LogP contribution < -0.4 is 22.1 Å². The molecule has 304 valence electrons. The molecule has 0 unspecified atom stereocenters. The van der Waals surface area contributed by atoms with Crippen molar-refractivity contribution < 1.29 is 68.3 Å². The number of β-lactam (4-membered cyclic amide) rings is 2. The van der Waals surface area contributed by atoms with Gasteiger partial charge in [0.05, 0.1) is 6.26 Å². The molecule has 0 bridgehead atoms. The molecule has 5 amide bonds. The number of carboxylic acid groups (broad SMARTS) is 2. The summed E-state index contributed by atoms with van der Waals surface area (Å²) >= 11 is 2.60. The molecule has 1 aromatic heterocycles. The van der Waals surface area contributed by atoms with E-state index in [4.69, 9.17) is 15.9 Å². The first-order chi connectivity index (χ1) is 26.7. The molecular weight excluding hydrogens is 795 g/mol. The number of phenols is 1. The predicted molar refractivity (Wildman–Crippen MR) is 201 cm³/mol. The smallest absolute Gasteiger partial charge is 0.404 e. The van der Waals surface area contributed by atoms with Crippen molar-refractivity contribution in [2.24, 2.45) is 16.6 Å². The second-order valence-electron chi connectivity index (χ2n) is 12.0. The molecule has 23 heteroatoms. The van der Waals surface area contributed by atoms with E-state index >= 15 is 0 Å². The van der Waals surface area contributed by atoms with Crippen molar-refractivity contribution in [3.63, 3.8) is 0 Å². The average Bonchev–Trinajstić information content (AvgIpc) is 3.71. The maximum absolute atomic E-state index is 12.6. The number of aromatic hydroxyl groups is 1. The number of rotatable bonds is 12. The molecule has 2 fully saturated rings. The largest absolute Gasteiger partial charge is 0.508 e. The van der Waals surface area contributed by atoms with Crippen LogP contribution in [-0.2, 0) is 38.3 Å². The quantitative estimate of drug-likeness (QED) is 0.0793. The maximum atomic E-state index is 12.6. The number of furan rings is 1. The Bertz CT molecular complexity index is 2050. The number of ether oxygens (including phenoxy) is 1. The molecule has 11 N–H and O–H groups in total. The number of hydrogen-bond acceptors (Lipinski definition) is 15. The maximum Gasteiger partial charge on any atom is 0.404 e. The molecule has 2 aromatic rings. The summed E-state index contributed by atoms with van der Waals surface area (Å²) in [5.41, 5.74) is 11.6. The zero-order chi connectivity index (χ0) is 40.8. The van der Waals surface area contributed by atoms with E-state index in [0.29, 0.717) is 16.9 Å². The molecule has 0 saturated carbocycles. The number of nitrogens with one attached hydrogen (secondary N) is 2. The molecule has 0 spiro atoms. The number of allylic oxidation sites excluding steroid dienone is 2. The molecule has 4 aliphatic rings. The Labute approximate surface area is 331 Å². The van der Waals surface area contributed by atoms with Gasteiger partial charge in [0.1, 0.15) is 59.7 Å². The average molecular weight is 832 g/mol. The zero-order valence-corrected chi connectivity index (χ0v) is 31.6. The van der Waals surface area contributed by atoms with Gasteiger partial charge in [0.2, 0.25) is 11.6 Å². The number of thioether (sulfide) groups is 2.